The summed E-state index contributed by atoms with van der Waals surface area (Å²) in [6, 6.07) is 9.54. The molecule has 0 spiro atoms. The number of nitrogens with zero attached hydrogens (tertiary/aromatic N) is 2. The molecule has 0 saturated carbocycles. The van der Waals surface area contributed by atoms with Crippen molar-refractivity contribution in [3.05, 3.63) is 59.3 Å². The fourth-order valence-corrected chi connectivity index (χ4v) is 2.26. The van der Waals surface area contributed by atoms with Gasteiger partial charge in [-0.15, -0.1) is 12.4 Å². The van der Waals surface area contributed by atoms with Crippen LogP contribution in [0.3, 0.4) is 0 Å². The lowest BCUT2D eigenvalue weighted by atomic mass is 10.0. The number of fused-ring (bicyclic) bond motifs is 1. The first-order chi connectivity index (χ1) is 9.09. The SMILES string of the molecule is Cc1nc2c(n1-c1ccccc1)C(=N)C=C(N)C2=O.Cl. The van der Waals surface area contributed by atoms with E-state index >= 15 is 0 Å². The van der Waals surface area contributed by atoms with Crippen LogP contribution >= 0.6 is 12.4 Å². The standard InChI is InChI=1S/C14H12N4O.ClH/c1-8-17-12-13(10(15)7-11(16)14(12)19)18(8)9-5-3-2-4-6-9;/h2-7,15H,16H2,1H3;1H. The predicted molar refractivity (Wildman–Crippen MR) is 79.0 cm³/mol. The minimum Gasteiger partial charge on any atom is -0.395 e. The number of carbonyl (C=O) groups is 1. The average molecular weight is 289 g/mol. The lowest BCUT2D eigenvalue weighted by Crippen LogP contribution is -2.23. The third kappa shape index (κ3) is 1.92. The molecule has 3 rings (SSSR count). The van der Waals surface area contributed by atoms with Crippen LogP contribution < -0.4 is 5.73 Å². The molecule has 5 nitrogen and oxygen atoms in total. The van der Waals surface area contributed by atoms with Crippen LogP contribution in [0.5, 0.6) is 0 Å². The van der Waals surface area contributed by atoms with Crippen molar-refractivity contribution in [1.82, 2.24) is 9.55 Å². The number of para-hydroxylation sites is 1. The van der Waals surface area contributed by atoms with Crippen molar-refractivity contribution in [3.8, 4) is 5.69 Å². The number of aryl methyl sites for hydroxylation is 1. The summed E-state index contributed by atoms with van der Waals surface area (Å²) < 4.78 is 1.80. The molecule has 2 aromatic rings. The highest BCUT2D eigenvalue weighted by atomic mass is 35.5. The zero-order valence-electron chi connectivity index (χ0n) is 10.8. The number of allylic oxidation sites excluding steroid dienone is 2. The van der Waals surface area contributed by atoms with Gasteiger partial charge in [-0.2, -0.15) is 0 Å². The van der Waals surface area contributed by atoms with Crippen LogP contribution in [0.4, 0.5) is 0 Å². The minimum absolute atomic E-state index is 0. The van der Waals surface area contributed by atoms with E-state index in [1.807, 2.05) is 37.3 Å². The van der Waals surface area contributed by atoms with Crippen molar-refractivity contribution < 1.29 is 4.79 Å². The lowest BCUT2D eigenvalue weighted by Gasteiger charge is -2.13. The molecule has 0 atom stereocenters. The van der Waals surface area contributed by atoms with E-state index in [0.29, 0.717) is 11.5 Å². The maximum atomic E-state index is 12.0. The first-order valence-corrected chi connectivity index (χ1v) is 5.85. The molecule has 3 N–H and O–H groups in total. The second-order valence-electron chi connectivity index (χ2n) is 4.37. The summed E-state index contributed by atoms with van der Waals surface area (Å²) in [6.07, 6.45) is 1.38. The van der Waals surface area contributed by atoms with Gasteiger partial charge in [0.15, 0.2) is 0 Å². The Morgan fingerprint density at radius 2 is 1.90 bits per heavy atom. The molecule has 1 aliphatic carbocycles. The molecule has 102 valence electrons. The van der Waals surface area contributed by atoms with Gasteiger partial charge in [-0.05, 0) is 25.1 Å². The van der Waals surface area contributed by atoms with Gasteiger partial charge in [0.2, 0.25) is 5.78 Å². The topological polar surface area (TPSA) is 84.8 Å². The quantitative estimate of drug-likeness (QED) is 0.842. The van der Waals surface area contributed by atoms with Gasteiger partial charge in [0.05, 0.1) is 11.4 Å². The Morgan fingerprint density at radius 1 is 1.25 bits per heavy atom. The van der Waals surface area contributed by atoms with E-state index in [9.17, 15) is 4.79 Å². The first-order valence-electron chi connectivity index (χ1n) is 5.85. The molecular formula is C14H13ClN4O. The number of carbonyl (C=O) groups excluding carboxylic acids is 1. The highest BCUT2D eigenvalue weighted by Crippen LogP contribution is 2.23. The molecule has 0 radical (unpaired) electrons. The fraction of sp³-hybridized carbons (Fsp3) is 0.0714. The molecule has 0 fully saturated rings. The van der Waals surface area contributed by atoms with E-state index in [1.165, 1.54) is 6.08 Å². The number of rotatable bonds is 1. The van der Waals surface area contributed by atoms with Crippen LogP contribution in [0.15, 0.2) is 42.1 Å². The number of ketones is 1. The molecule has 0 unspecified atom stereocenters. The van der Waals surface area contributed by atoms with Crippen molar-refractivity contribution in [3.63, 3.8) is 0 Å². The van der Waals surface area contributed by atoms with Crippen molar-refractivity contribution in [1.29, 1.82) is 5.41 Å². The van der Waals surface area contributed by atoms with Crippen LogP contribution in [0, 0.1) is 12.3 Å². The van der Waals surface area contributed by atoms with Crippen LogP contribution in [-0.2, 0) is 0 Å². The molecule has 0 bridgehead atoms. The summed E-state index contributed by atoms with van der Waals surface area (Å²) in [5.41, 5.74) is 7.51. The van der Waals surface area contributed by atoms with Gasteiger partial charge >= 0.3 is 0 Å². The number of hydrogen-bond acceptors (Lipinski definition) is 4. The van der Waals surface area contributed by atoms with Gasteiger partial charge < -0.3 is 5.73 Å². The average Bonchev–Trinajstić information content (AvgIpc) is 2.75. The minimum atomic E-state index is -0.316. The van der Waals surface area contributed by atoms with Gasteiger partial charge in [-0.1, -0.05) is 18.2 Å². The summed E-state index contributed by atoms with van der Waals surface area (Å²) in [6.45, 7) is 1.81. The Kier molecular flexibility index (Phi) is 3.46. The molecule has 1 aromatic carbocycles. The Labute approximate surface area is 122 Å². The number of imidazole rings is 1. The van der Waals surface area contributed by atoms with Crippen LogP contribution in [0.1, 0.15) is 22.0 Å². The van der Waals surface area contributed by atoms with E-state index in [2.05, 4.69) is 4.98 Å². The molecule has 0 aliphatic heterocycles. The van der Waals surface area contributed by atoms with Crippen LogP contribution in [0.2, 0.25) is 0 Å². The Bertz CT molecular complexity index is 731. The van der Waals surface area contributed by atoms with E-state index in [4.69, 9.17) is 11.1 Å². The van der Waals surface area contributed by atoms with Gasteiger partial charge in [-0.3, -0.25) is 14.8 Å². The maximum absolute atomic E-state index is 12.0. The van der Waals surface area contributed by atoms with Crippen molar-refractivity contribution in [2.75, 3.05) is 0 Å². The number of halogens is 1. The Balaban J connectivity index is 0.00000147. The molecule has 0 amide bonds. The molecule has 6 heteroatoms. The highest BCUT2D eigenvalue weighted by Gasteiger charge is 2.29. The summed E-state index contributed by atoms with van der Waals surface area (Å²) >= 11 is 0. The second-order valence-corrected chi connectivity index (χ2v) is 4.37. The van der Waals surface area contributed by atoms with Gasteiger partial charge in [0.25, 0.3) is 0 Å². The zero-order chi connectivity index (χ0) is 13.6. The van der Waals surface area contributed by atoms with Crippen molar-refractivity contribution >= 4 is 23.9 Å². The molecule has 1 heterocycles. The number of nitrogens with two attached hydrogens (primary N) is 1. The van der Waals surface area contributed by atoms with Gasteiger partial charge in [0, 0.05) is 5.69 Å². The maximum Gasteiger partial charge on any atom is 0.229 e. The van der Waals surface area contributed by atoms with Gasteiger partial charge in [0.1, 0.15) is 17.2 Å². The summed E-state index contributed by atoms with van der Waals surface area (Å²) in [4.78, 5) is 16.3. The zero-order valence-corrected chi connectivity index (χ0v) is 11.6. The monoisotopic (exact) mass is 288 g/mol. The van der Waals surface area contributed by atoms with Crippen LogP contribution in [-0.4, -0.2) is 21.0 Å². The van der Waals surface area contributed by atoms with E-state index in [-0.39, 0.29) is 35.3 Å². The molecule has 1 aromatic heterocycles. The Morgan fingerprint density at radius 3 is 2.55 bits per heavy atom. The highest BCUT2D eigenvalue weighted by molar-refractivity contribution is 6.23. The fourth-order valence-electron chi connectivity index (χ4n) is 2.26. The summed E-state index contributed by atoms with van der Waals surface area (Å²) in [5.74, 6) is 0.348. The molecule has 20 heavy (non-hydrogen) atoms. The summed E-state index contributed by atoms with van der Waals surface area (Å²) in [5, 5.41) is 8.02. The number of Topliss-reactive ketones (excluding diaryl/α,β-unsaturated/α-hetero) is 1. The lowest BCUT2D eigenvalue weighted by molar-refractivity contribution is 0.102. The number of aromatic nitrogens is 2. The largest absolute Gasteiger partial charge is 0.395 e. The first kappa shape index (κ1) is 14.0. The third-order valence-corrected chi connectivity index (χ3v) is 3.09. The molecule has 1 aliphatic rings. The smallest absolute Gasteiger partial charge is 0.229 e. The number of nitrogens with one attached hydrogen (secondary N) is 1. The number of hydrogen-bond donors (Lipinski definition) is 2. The number of benzene rings is 1. The van der Waals surface area contributed by atoms with Crippen molar-refractivity contribution in [2.24, 2.45) is 5.73 Å². The van der Waals surface area contributed by atoms with E-state index in [0.717, 1.165) is 5.69 Å². The van der Waals surface area contributed by atoms with Crippen molar-refractivity contribution in [2.45, 2.75) is 6.92 Å². The van der Waals surface area contributed by atoms with E-state index < -0.39 is 0 Å². The second kappa shape index (κ2) is 4.94. The van der Waals surface area contributed by atoms with Gasteiger partial charge in [-0.25, -0.2) is 4.98 Å². The molecular weight excluding hydrogens is 276 g/mol. The Hall–Kier alpha value is -2.40. The summed E-state index contributed by atoms with van der Waals surface area (Å²) in [7, 11) is 0. The van der Waals surface area contributed by atoms with Crippen LogP contribution in [0.25, 0.3) is 5.69 Å². The normalized spacial score (nSPS) is 13.6. The predicted octanol–water partition coefficient (Wildman–Crippen LogP) is 2.01. The van der Waals surface area contributed by atoms with E-state index in [1.54, 1.807) is 4.57 Å². The third-order valence-electron chi connectivity index (χ3n) is 3.09. The molecule has 0 saturated heterocycles.